The predicted octanol–water partition coefficient (Wildman–Crippen LogP) is 1.57. The maximum absolute atomic E-state index is 9.26. The van der Waals surface area contributed by atoms with Crippen molar-refractivity contribution in [3.8, 4) is 5.75 Å². The maximum atomic E-state index is 9.26. The van der Waals surface area contributed by atoms with Crippen LogP contribution in [0.3, 0.4) is 0 Å². The molecule has 1 aliphatic rings. The molecule has 0 amide bonds. The van der Waals surface area contributed by atoms with Crippen LogP contribution in [0.25, 0.3) is 0 Å². The van der Waals surface area contributed by atoms with Crippen molar-refractivity contribution < 1.29 is 14.6 Å². The summed E-state index contributed by atoms with van der Waals surface area (Å²) in [4.78, 5) is 4.21. The maximum Gasteiger partial charge on any atom is 0.146 e. The third-order valence-corrected chi connectivity index (χ3v) is 2.86. The van der Waals surface area contributed by atoms with E-state index in [-0.39, 0.29) is 12.7 Å². The molecule has 1 N–H and O–H groups in total. The van der Waals surface area contributed by atoms with Gasteiger partial charge in [0.2, 0.25) is 0 Å². The number of fused-ring (bicyclic) bond motifs is 1. The first-order valence-corrected chi connectivity index (χ1v) is 5.55. The predicted molar refractivity (Wildman–Crippen MR) is 59.3 cm³/mol. The van der Waals surface area contributed by atoms with Gasteiger partial charge in [0.1, 0.15) is 5.75 Å². The van der Waals surface area contributed by atoms with Gasteiger partial charge < -0.3 is 14.6 Å². The minimum Gasteiger partial charge on any atom is -0.491 e. The molecule has 1 atom stereocenters. The highest BCUT2D eigenvalue weighted by Gasteiger charge is 2.17. The van der Waals surface area contributed by atoms with Crippen molar-refractivity contribution in [1.82, 2.24) is 4.98 Å². The van der Waals surface area contributed by atoms with Gasteiger partial charge in [-0.2, -0.15) is 0 Å². The Bertz CT molecular complexity index is 379. The van der Waals surface area contributed by atoms with Crippen LogP contribution in [0.4, 0.5) is 0 Å². The average Bonchev–Trinajstić information content (AvgIpc) is 2.26. The molecule has 1 aromatic heterocycles. The molecular weight excluding hydrogens is 206 g/mol. The number of aromatic nitrogens is 1. The first kappa shape index (κ1) is 11.4. The standard InChI is InChI=1S/C12H17NO3/c1-8-3-4-15-12-9(2)13-5-10(6-14)11(12)7-16-8/h5,8,14H,3-4,6-7H2,1-2H3. The van der Waals surface area contributed by atoms with Gasteiger partial charge >= 0.3 is 0 Å². The summed E-state index contributed by atoms with van der Waals surface area (Å²) in [6, 6.07) is 0. The number of ether oxygens (including phenoxy) is 2. The van der Waals surface area contributed by atoms with E-state index in [4.69, 9.17) is 9.47 Å². The first-order chi connectivity index (χ1) is 7.72. The monoisotopic (exact) mass is 223 g/mol. The smallest absolute Gasteiger partial charge is 0.146 e. The van der Waals surface area contributed by atoms with Crippen molar-refractivity contribution in [3.05, 3.63) is 23.0 Å². The van der Waals surface area contributed by atoms with Crippen LogP contribution in [0.1, 0.15) is 30.2 Å². The number of aliphatic hydroxyl groups is 1. The molecule has 1 aliphatic heterocycles. The fourth-order valence-electron chi connectivity index (χ4n) is 1.80. The molecule has 0 saturated heterocycles. The second-order valence-corrected chi connectivity index (χ2v) is 4.09. The molecule has 0 aliphatic carbocycles. The molecule has 0 bridgehead atoms. The lowest BCUT2D eigenvalue weighted by Crippen LogP contribution is -2.18. The van der Waals surface area contributed by atoms with Crippen LogP contribution in [-0.4, -0.2) is 22.8 Å². The summed E-state index contributed by atoms with van der Waals surface area (Å²) < 4.78 is 11.4. The van der Waals surface area contributed by atoms with Crippen molar-refractivity contribution in [2.45, 2.75) is 39.6 Å². The number of nitrogens with zero attached hydrogens (tertiary/aromatic N) is 1. The van der Waals surface area contributed by atoms with Gasteiger partial charge in [0.25, 0.3) is 0 Å². The van der Waals surface area contributed by atoms with E-state index in [1.165, 1.54) is 0 Å². The third-order valence-electron chi connectivity index (χ3n) is 2.86. The molecule has 4 nitrogen and oxygen atoms in total. The van der Waals surface area contributed by atoms with Crippen molar-refractivity contribution in [2.75, 3.05) is 6.61 Å². The molecule has 0 radical (unpaired) electrons. The first-order valence-electron chi connectivity index (χ1n) is 5.55. The van der Waals surface area contributed by atoms with E-state index in [9.17, 15) is 5.11 Å². The molecule has 16 heavy (non-hydrogen) atoms. The fourth-order valence-corrected chi connectivity index (χ4v) is 1.80. The lowest BCUT2D eigenvalue weighted by Gasteiger charge is -2.22. The highest BCUT2D eigenvalue weighted by atomic mass is 16.5. The summed E-state index contributed by atoms with van der Waals surface area (Å²) in [6.45, 7) is 5.02. The van der Waals surface area contributed by atoms with E-state index in [0.717, 1.165) is 29.0 Å². The molecule has 0 saturated carbocycles. The number of hydrogen-bond acceptors (Lipinski definition) is 4. The van der Waals surface area contributed by atoms with Crippen LogP contribution < -0.4 is 4.74 Å². The number of aryl methyl sites for hydroxylation is 1. The number of aliphatic hydroxyl groups excluding tert-OH is 1. The van der Waals surface area contributed by atoms with E-state index in [1.807, 2.05) is 13.8 Å². The van der Waals surface area contributed by atoms with Gasteiger partial charge in [-0.3, -0.25) is 4.98 Å². The van der Waals surface area contributed by atoms with E-state index in [0.29, 0.717) is 13.2 Å². The normalized spacial score (nSPS) is 20.6. The molecule has 0 fully saturated rings. The Morgan fingerprint density at radius 1 is 1.56 bits per heavy atom. The zero-order chi connectivity index (χ0) is 11.5. The summed E-state index contributed by atoms with van der Waals surface area (Å²) >= 11 is 0. The Morgan fingerprint density at radius 2 is 2.38 bits per heavy atom. The van der Waals surface area contributed by atoms with Gasteiger partial charge in [-0.05, 0) is 13.8 Å². The molecule has 1 aromatic rings. The summed E-state index contributed by atoms with van der Waals surface area (Å²) in [6.07, 6.45) is 2.75. The number of hydrogen-bond donors (Lipinski definition) is 1. The quantitative estimate of drug-likeness (QED) is 0.785. The second-order valence-electron chi connectivity index (χ2n) is 4.09. The highest BCUT2D eigenvalue weighted by Crippen LogP contribution is 2.28. The molecule has 4 heteroatoms. The SMILES string of the molecule is Cc1ncc(CO)c2c1OCCC(C)OC2. The van der Waals surface area contributed by atoms with Crippen molar-refractivity contribution in [2.24, 2.45) is 0 Å². The van der Waals surface area contributed by atoms with Gasteiger partial charge in [-0.1, -0.05) is 0 Å². The highest BCUT2D eigenvalue weighted by molar-refractivity contribution is 5.41. The zero-order valence-electron chi connectivity index (χ0n) is 9.69. The van der Waals surface area contributed by atoms with Crippen LogP contribution in [-0.2, 0) is 18.0 Å². The van der Waals surface area contributed by atoms with E-state index < -0.39 is 0 Å². The van der Waals surface area contributed by atoms with Crippen LogP contribution in [0, 0.1) is 6.92 Å². The van der Waals surface area contributed by atoms with Crippen molar-refractivity contribution in [3.63, 3.8) is 0 Å². The molecule has 2 rings (SSSR count). The molecule has 0 aromatic carbocycles. The van der Waals surface area contributed by atoms with Crippen LogP contribution in [0.2, 0.25) is 0 Å². The third kappa shape index (κ3) is 2.18. The minimum absolute atomic E-state index is 0.0310. The summed E-state index contributed by atoms with van der Waals surface area (Å²) in [5, 5.41) is 9.26. The Morgan fingerprint density at radius 3 is 3.12 bits per heavy atom. The van der Waals surface area contributed by atoms with Gasteiger partial charge in [-0.15, -0.1) is 0 Å². The Balaban J connectivity index is 2.39. The van der Waals surface area contributed by atoms with Crippen molar-refractivity contribution in [1.29, 1.82) is 0 Å². The van der Waals surface area contributed by atoms with Crippen LogP contribution in [0.15, 0.2) is 6.20 Å². The van der Waals surface area contributed by atoms with Crippen LogP contribution >= 0.6 is 0 Å². The summed E-state index contributed by atoms with van der Waals surface area (Å²) in [5.41, 5.74) is 2.57. The largest absolute Gasteiger partial charge is 0.491 e. The molecular formula is C12H17NO3. The molecule has 0 spiro atoms. The Kier molecular flexibility index (Phi) is 3.41. The van der Waals surface area contributed by atoms with Crippen molar-refractivity contribution >= 4 is 0 Å². The average molecular weight is 223 g/mol. The number of rotatable bonds is 1. The second kappa shape index (κ2) is 4.80. The van der Waals surface area contributed by atoms with E-state index in [2.05, 4.69) is 4.98 Å². The van der Waals surface area contributed by atoms with Gasteiger partial charge in [0, 0.05) is 23.7 Å². The Hall–Kier alpha value is -1.13. The van der Waals surface area contributed by atoms with E-state index in [1.54, 1.807) is 6.20 Å². The molecule has 1 unspecified atom stereocenters. The molecule has 88 valence electrons. The van der Waals surface area contributed by atoms with E-state index >= 15 is 0 Å². The van der Waals surface area contributed by atoms with Gasteiger partial charge in [-0.25, -0.2) is 0 Å². The topological polar surface area (TPSA) is 51.6 Å². The molecule has 2 heterocycles. The van der Waals surface area contributed by atoms with Crippen LogP contribution in [0.5, 0.6) is 5.75 Å². The summed E-state index contributed by atoms with van der Waals surface area (Å²) in [7, 11) is 0. The fraction of sp³-hybridized carbons (Fsp3) is 0.583. The van der Waals surface area contributed by atoms with Gasteiger partial charge in [0.15, 0.2) is 0 Å². The minimum atomic E-state index is -0.0310. The van der Waals surface area contributed by atoms with Gasteiger partial charge in [0.05, 0.1) is 31.6 Å². The Labute approximate surface area is 95.2 Å². The lowest BCUT2D eigenvalue weighted by atomic mass is 10.1. The zero-order valence-corrected chi connectivity index (χ0v) is 9.69. The lowest BCUT2D eigenvalue weighted by molar-refractivity contribution is 0.0273. The summed E-state index contributed by atoms with van der Waals surface area (Å²) in [5.74, 6) is 0.776. The number of pyridine rings is 1.